The lowest BCUT2D eigenvalue weighted by molar-refractivity contribution is -0.0123. The molecule has 15 heavy (non-hydrogen) atoms. The van der Waals surface area contributed by atoms with Crippen molar-refractivity contribution in [3.05, 3.63) is 0 Å². The molecule has 2 fully saturated rings. The van der Waals surface area contributed by atoms with Crippen LogP contribution in [0, 0.1) is 0 Å². The number of nitrogens with one attached hydrogen (secondary N) is 1. The Hall–Kier alpha value is -0.170. The van der Waals surface area contributed by atoms with Crippen molar-refractivity contribution in [2.45, 2.75) is 24.9 Å². The number of nitrogens with zero attached hydrogens (tertiary/aromatic N) is 1. The number of sulfonamides is 1. The minimum Gasteiger partial charge on any atom is -0.378 e. The van der Waals surface area contributed by atoms with Crippen molar-refractivity contribution in [2.75, 3.05) is 32.6 Å². The molecule has 0 unspecified atom stereocenters. The highest BCUT2D eigenvalue weighted by molar-refractivity contribution is 7.88. The van der Waals surface area contributed by atoms with Gasteiger partial charge in [-0.1, -0.05) is 0 Å². The van der Waals surface area contributed by atoms with Gasteiger partial charge >= 0.3 is 0 Å². The Morgan fingerprint density at radius 3 is 2.20 bits per heavy atom. The molecule has 5 nitrogen and oxygen atoms in total. The highest BCUT2D eigenvalue weighted by Gasteiger charge is 2.28. The van der Waals surface area contributed by atoms with Gasteiger partial charge in [-0.05, 0) is 12.8 Å². The van der Waals surface area contributed by atoms with E-state index in [9.17, 15) is 8.42 Å². The Morgan fingerprint density at radius 1 is 1.20 bits per heavy atom. The fraction of sp³-hybridized carbons (Fsp3) is 1.00. The number of rotatable bonds is 3. The SMILES string of the molecule is CS(=O)(=O)N1CCC(NC2COC2)CC1. The lowest BCUT2D eigenvalue weighted by Gasteiger charge is -2.36. The molecule has 6 heteroatoms. The molecule has 2 aliphatic rings. The van der Waals surface area contributed by atoms with E-state index in [1.807, 2.05) is 0 Å². The fourth-order valence-corrected chi connectivity index (χ4v) is 2.89. The molecule has 0 aliphatic carbocycles. The summed E-state index contributed by atoms with van der Waals surface area (Å²) in [5, 5.41) is 3.48. The Bertz CT molecular complexity index is 305. The summed E-state index contributed by atoms with van der Waals surface area (Å²) in [4.78, 5) is 0. The van der Waals surface area contributed by atoms with Crippen LogP contribution in [0.25, 0.3) is 0 Å². The summed E-state index contributed by atoms with van der Waals surface area (Å²) in [5.41, 5.74) is 0. The van der Waals surface area contributed by atoms with E-state index in [0.717, 1.165) is 26.1 Å². The van der Waals surface area contributed by atoms with Crippen LogP contribution in [0.15, 0.2) is 0 Å². The molecule has 0 amide bonds. The fourth-order valence-electron chi connectivity index (χ4n) is 2.02. The van der Waals surface area contributed by atoms with Gasteiger partial charge in [0.05, 0.1) is 25.5 Å². The molecule has 0 radical (unpaired) electrons. The maximum atomic E-state index is 11.3. The highest BCUT2D eigenvalue weighted by Crippen LogP contribution is 2.14. The van der Waals surface area contributed by atoms with Gasteiger partial charge in [0.1, 0.15) is 0 Å². The zero-order valence-electron chi connectivity index (χ0n) is 8.98. The first-order valence-electron chi connectivity index (χ1n) is 5.34. The van der Waals surface area contributed by atoms with E-state index in [-0.39, 0.29) is 0 Å². The van der Waals surface area contributed by atoms with Gasteiger partial charge in [-0.15, -0.1) is 0 Å². The van der Waals surface area contributed by atoms with Crippen LogP contribution in [0.4, 0.5) is 0 Å². The molecule has 0 bridgehead atoms. The summed E-state index contributed by atoms with van der Waals surface area (Å²) in [6, 6.07) is 0.941. The van der Waals surface area contributed by atoms with Gasteiger partial charge in [0.2, 0.25) is 10.0 Å². The summed E-state index contributed by atoms with van der Waals surface area (Å²) in [6.07, 6.45) is 3.09. The van der Waals surface area contributed by atoms with Gasteiger partial charge in [-0.25, -0.2) is 12.7 Å². The third kappa shape index (κ3) is 2.90. The van der Waals surface area contributed by atoms with Gasteiger partial charge in [-0.2, -0.15) is 0 Å². The summed E-state index contributed by atoms with van der Waals surface area (Å²) in [7, 11) is -2.99. The third-order valence-electron chi connectivity index (χ3n) is 3.03. The van der Waals surface area contributed by atoms with Gasteiger partial charge in [0.15, 0.2) is 0 Å². The van der Waals surface area contributed by atoms with Crippen molar-refractivity contribution in [3.63, 3.8) is 0 Å². The molecule has 2 saturated heterocycles. The largest absolute Gasteiger partial charge is 0.378 e. The van der Waals surface area contributed by atoms with Crippen molar-refractivity contribution in [2.24, 2.45) is 0 Å². The zero-order valence-corrected chi connectivity index (χ0v) is 9.79. The Kier molecular flexibility index (Phi) is 3.30. The first-order valence-corrected chi connectivity index (χ1v) is 7.19. The van der Waals surface area contributed by atoms with Gasteiger partial charge in [0, 0.05) is 19.1 Å². The summed E-state index contributed by atoms with van der Waals surface area (Å²) < 4.78 is 29.2. The van der Waals surface area contributed by atoms with Gasteiger partial charge in [0.25, 0.3) is 0 Å². The molecule has 2 aliphatic heterocycles. The topological polar surface area (TPSA) is 58.6 Å². The minimum atomic E-state index is -2.99. The Balaban J connectivity index is 1.76. The average molecular weight is 234 g/mol. The van der Waals surface area contributed by atoms with Crippen LogP contribution in [-0.2, 0) is 14.8 Å². The number of hydrogen-bond donors (Lipinski definition) is 1. The molecule has 2 rings (SSSR count). The third-order valence-corrected chi connectivity index (χ3v) is 4.34. The van der Waals surface area contributed by atoms with Crippen molar-refractivity contribution >= 4 is 10.0 Å². The van der Waals surface area contributed by atoms with Crippen LogP contribution in [0.1, 0.15) is 12.8 Å². The lowest BCUT2D eigenvalue weighted by Crippen LogP contribution is -2.53. The molecule has 0 spiro atoms. The van der Waals surface area contributed by atoms with Crippen LogP contribution in [0.5, 0.6) is 0 Å². The van der Waals surface area contributed by atoms with Crippen molar-refractivity contribution < 1.29 is 13.2 Å². The molecule has 88 valence electrons. The molecule has 0 aromatic heterocycles. The molecule has 0 aromatic rings. The highest BCUT2D eigenvalue weighted by atomic mass is 32.2. The Morgan fingerprint density at radius 2 is 1.80 bits per heavy atom. The summed E-state index contributed by atoms with van der Waals surface area (Å²) in [6.45, 7) is 2.88. The summed E-state index contributed by atoms with van der Waals surface area (Å²) in [5.74, 6) is 0. The maximum absolute atomic E-state index is 11.3. The molecule has 0 atom stereocenters. The van der Waals surface area contributed by atoms with Gasteiger partial charge < -0.3 is 10.1 Å². The number of ether oxygens (including phenoxy) is 1. The molecule has 2 heterocycles. The van der Waals surface area contributed by atoms with Crippen molar-refractivity contribution in [3.8, 4) is 0 Å². The van der Waals surface area contributed by atoms with Crippen LogP contribution >= 0.6 is 0 Å². The minimum absolute atomic E-state index is 0.455. The normalized spacial score (nSPS) is 26.5. The predicted molar refractivity (Wildman–Crippen MR) is 57.2 cm³/mol. The number of hydrogen-bond acceptors (Lipinski definition) is 4. The molecule has 0 aromatic carbocycles. The van der Waals surface area contributed by atoms with Crippen LogP contribution in [0.3, 0.4) is 0 Å². The van der Waals surface area contributed by atoms with E-state index < -0.39 is 10.0 Å². The van der Waals surface area contributed by atoms with Crippen LogP contribution in [0.2, 0.25) is 0 Å². The standard InChI is InChI=1S/C9H18N2O3S/c1-15(12,13)11-4-2-8(3-5-11)10-9-6-14-7-9/h8-10H,2-7H2,1H3. The molecule has 0 saturated carbocycles. The first kappa shape index (κ1) is 11.3. The predicted octanol–water partition coefficient (Wildman–Crippen LogP) is -0.601. The molecule has 1 N–H and O–H groups in total. The Labute approximate surface area is 90.8 Å². The second-order valence-corrected chi connectivity index (χ2v) is 6.32. The monoisotopic (exact) mass is 234 g/mol. The summed E-state index contributed by atoms with van der Waals surface area (Å²) >= 11 is 0. The van der Waals surface area contributed by atoms with Crippen LogP contribution < -0.4 is 5.32 Å². The van der Waals surface area contributed by atoms with Crippen LogP contribution in [-0.4, -0.2) is 57.4 Å². The lowest BCUT2D eigenvalue weighted by atomic mass is 10.1. The van der Waals surface area contributed by atoms with Crippen molar-refractivity contribution in [1.29, 1.82) is 0 Å². The van der Waals surface area contributed by atoms with Crippen molar-refractivity contribution in [1.82, 2.24) is 9.62 Å². The van der Waals surface area contributed by atoms with E-state index in [0.29, 0.717) is 25.2 Å². The smallest absolute Gasteiger partial charge is 0.211 e. The molecular weight excluding hydrogens is 216 g/mol. The zero-order chi connectivity index (χ0) is 10.9. The quantitative estimate of drug-likeness (QED) is 0.708. The van der Waals surface area contributed by atoms with Gasteiger partial charge in [-0.3, -0.25) is 0 Å². The molecular formula is C9H18N2O3S. The average Bonchev–Trinajstić information content (AvgIpc) is 2.11. The van der Waals surface area contributed by atoms with E-state index in [2.05, 4.69) is 5.32 Å². The first-order chi connectivity index (χ1) is 7.05. The number of piperidine rings is 1. The maximum Gasteiger partial charge on any atom is 0.211 e. The second kappa shape index (κ2) is 4.37. The van der Waals surface area contributed by atoms with E-state index >= 15 is 0 Å². The second-order valence-electron chi connectivity index (χ2n) is 4.34. The van der Waals surface area contributed by atoms with E-state index in [1.165, 1.54) is 6.26 Å². The van der Waals surface area contributed by atoms with E-state index in [1.54, 1.807) is 4.31 Å². The van der Waals surface area contributed by atoms with E-state index in [4.69, 9.17) is 4.74 Å².